The lowest BCUT2D eigenvalue weighted by Crippen LogP contribution is -2.28. The normalized spacial score (nSPS) is 10.2. The highest BCUT2D eigenvalue weighted by Crippen LogP contribution is 2.32. The number of carbonyl (C=O) groups is 1. The van der Waals surface area contributed by atoms with Crippen LogP contribution in [-0.2, 0) is 0 Å². The lowest BCUT2D eigenvalue weighted by Gasteiger charge is -2.04. The molecule has 0 fully saturated rings. The van der Waals surface area contributed by atoms with Gasteiger partial charge < -0.3 is 15.2 Å². The molecule has 0 unspecified atom stereocenters. The molecule has 6 nitrogen and oxygen atoms in total. The Morgan fingerprint density at radius 3 is 3.06 bits per heavy atom. The van der Waals surface area contributed by atoms with Gasteiger partial charge >= 0.3 is 6.03 Å². The molecule has 0 aromatic carbocycles. The maximum atomic E-state index is 11.4. The third-order valence-electron chi connectivity index (χ3n) is 1.97. The fourth-order valence-corrected chi connectivity index (χ4v) is 2.06. The zero-order valence-electron chi connectivity index (χ0n) is 9.48. The number of nitrogens with zero attached hydrogens (tertiary/aromatic N) is 2. The van der Waals surface area contributed by atoms with E-state index in [-0.39, 0.29) is 6.03 Å². The van der Waals surface area contributed by atoms with Gasteiger partial charge in [-0.05, 0) is 25.3 Å². The first-order valence-corrected chi connectivity index (χ1v) is 6.01. The second kappa shape index (κ2) is 4.96. The average molecular weight is 252 g/mol. The summed E-state index contributed by atoms with van der Waals surface area (Å²) < 4.78 is 5.07. The van der Waals surface area contributed by atoms with Crippen LogP contribution in [0.2, 0.25) is 0 Å². The van der Waals surface area contributed by atoms with E-state index in [4.69, 9.17) is 4.52 Å². The molecular weight excluding hydrogens is 240 g/mol. The molecule has 0 aliphatic rings. The van der Waals surface area contributed by atoms with E-state index in [1.807, 2.05) is 12.3 Å². The van der Waals surface area contributed by atoms with Crippen LogP contribution >= 0.6 is 11.3 Å². The molecule has 2 aromatic heterocycles. The number of rotatable bonds is 3. The van der Waals surface area contributed by atoms with Crippen LogP contribution in [0.25, 0.3) is 10.8 Å². The van der Waals surface area contributed by atoms with Crippen LogP contribution < -0.4 is 10.6 Å². The second-order valence-corrected chi connectivity index (χ2v) is 4.21. The zero-order chi connectivity index (χ0) is 12.3. The van der Waals surface area contributed by atoms with Crippen molar-refractivity contribution in [1.29, 1.82) is 0 Å². The van der Waals surface area contributed by atoms with Crippen LogP contribution in [0, 0.1) is 6.92 Å². The summed E-state index contributed by atoms with van der Waals surface area (Å²) in [4.78, 5) is 16.3. The molecule has 0 saturated carbocycles. The molecule has 2 aromatic rings. The van der Waals surface area contributed by atoms with Crippen LogP contribution in [0.1, 0.15) is 12.7 Å². The van der Waals surface area contributed by atoms with E-state index >= 15 is 0 Å². The van der Waals surface area contributed by atoms with Gasteiger partial charge in [-0.2, -0.15) is 4.98 Å². The number of anilines is 1. The van der Waals surface area contributed by atoms with Gasteiger partial charge in [0.1, 0.15) is 4.88 Å². The van der Waals surface area contributed by atoms with Gasteiger partial charge in [-0.15, -0.1) is 11.3 Å². The number of thiophene rings is 1. The van der Waals surface area contributed by atoms with E-state index in [0.717, 1.165) is 4.88 Å². The molecule has 90 valence electrons. The number of amides is 2. The monoisotopic (exact) mass is 252 g/mol. The van der Waals surface area contributed by atoms with Crippen LogP contribution in [0.4, 0.5) is 10.5 Å². The second-order valence-electron chi connectivity index (χ2n) is 3.29. The minimum Gasteiger partial charge on any atom is -0.338 e. The maximum absolute atomic E-state index is 11.4. The van der Waals surface area contributed by atoms with Gasteiger partial charge in [0, 0.05) is 6.54 Å². The predicted molar refractivity (Wildman–Crippen MR) is 65.0 cm³/mol. The topological polar surface area (TPSA) is 80.0 Å². The largest absolute Gasteiger partial charge is 0.338 e. The number of aryl methyl sites for hydroxylation is 1. The maximum Gasteiger partial charge on any atom is 0.319 e. The van der Waals surface area contributed by atoms with Gasteiger partial charge in [0.15, 0.2) is 5.82 Å². The molecule has 2 heterocycles. The van der Waals surface area contributed by atoms with E-state index < -0.39 is 0 Å². The molecule has 2 rings (SSSR count). The minimum absolute atomic E-state index is 0.247. The molecule has 0 saturated heterocycles. The summed E-state index contributed by atoms with van der Waals surface area (Å²) >= 11 is 1.44. The SMILES string of the molecule is CCNC(=O)Nc1ccsc1-c1nc(C)no1. The molecule has 7 heteroatoms. The van der Waals surface area contributed by atoms with Crippen molar-refractivity contribution in [3.8, 4) is 10.8 Å². The van der Waals surface area contributed by atoms with Gasteiger partial charge in [0.25, 0.3) is 5.89 Å². The highest BCUT2D eigenvalue weighted by Gasteiger charge is 2.14. The average Bonchev–Trinajstić information content (AvgIpc) is 2.87. The fourth-order valence-electron chi connectivity index (χ4n) is 1.29. The van der Waals surface area contributed by atoms with Crippen LogP contribution in [0.15, 0.2) is 16.0 Å². The van der Waals surface area contributed by atoms with E-state index in [2.05, 4.69) is 20.8 Å². The number of hydrogen-bond donors (Lipinski definition) is 2. The Morgan fingerprint density at radius 1 is 1.59 bits per heavy atom. The first kappa shape index (κ1) is 11.6. The third-order valence-corrected chi connectivity index (χ3v) is 2.87. The van der Waals surface area contributed by atoms with Gasteiger partial charge in [0.2, 0.25) is 0 Å². The predicted octanol–water partition coefficient (Wildman–Crippen LogP) is 2.25. The van der Waals surface area contributed by atoms with Crippen molar-refractivity contribution in [2.75, 3.05) is 11.9 Å². The van der Waals surface area contributed by atoms with Crippen molar-refractivity contribution >= 4 is 23.1 Å². The third kappa shape index (κ3) is 2.62. The van der Waals surface area contributed by atoms with Gasteiger partial charge in [-0.25, -0.2) is 4.79 Å². The Hall–Kier alpha value is -1.89. The van der Waals surface area contributed by atoms with Crippen LogP contribution in [0.5, 0.6) is 0 Å². The first-order chi connectivity index (χ1) is 8.20. The first-order valence-electron chi connectivity index (χ1n) is 5.13. The molecule has 0 aliphatic heterocycles. The lowest BCUT2D eigenvalue weighted by molar-refractivity contribution is 0.252. The van der Waals surface area contributed by atoms with Gasteiger partial charge in [0.05, 0.1) is 5.69 Å². The highest BCUT2D eigenvalue weighted by atomic mass is 32.1. The Balaban J connectivity index is 2.20. The molecule has 0 radical (unpaired) electrons. The number of aromatic nitrogens is 2. The Morgan fingerprint density at radius 2 is 2.41 bits per heavy atom. The van der Waals surface area contributed by atoms with Crippen molar-refractivity contribution in [2.24, 2.45) is 0 Å². The molecule has 0 atom stereocenters. The minimum atomic E-state index is -0.247. The molecule has 0 aliphatic carbocycles. The van der Waals surface area contributed by atoms with Crippen molar-refractivity contribution in [2.45, 2.75) is 13.8 Å². The van der Waals surface area contributed by atoms with Crippen molar-refractivity contribution in [1.82, 2.24) is 15.5 Å². The fraction of sp³-hybridized carbons (Fsp3) is 0.300. The quantitative estimate of drug-likeness (QED) is 0.878. The smallest absolute Gasteiger partial charge is 0.319 e. The van der Waals surface area contributed by atoms with E-state index in [1.165, 1.54) is 11.3 Å². The summed E-state index contributed by atoms with van der Waals surface area (Å²) in [6, 6.07) is 1.55. The Bertz CT molecular complexity index is 520. The van der Waals surface area contributed by atoms with Crippen molar-refractivity contribution in [3.63, 3.8) is 0 Å². The summed E-state index contributed by atoms with van der Waals surface area (Å²) in [7, 11) is 0. The zero-order valence-corrected chi connectivity index (χ0v) is 10.3. The molecule has 17 heavy (non-hydrogen) atoms. The highest BCUT2D eigenvalue weighted by molar-refractivity contribution is 7.14. The van der Waals surface area contributed by atoms with Crippen LogP contribution in [-0.4, -0.2) is 22.7 Å². The van der Waals surface area contributed by atoms with Gasteiger partial charge in [-0.3, -0.25) is 0 Å². The molecular formula is C10H12N4O2S. The number of carbonyl (C=O) groups excluding carboxylic acids is 1. The molecule has 2 amide bonds. The van der Waals surface area contributed by atoms with Gasteiger partial charge in [-0.1, -0.05) is 5.16 Å². The molecule has 0 bridgehead atoms. The van der Waals surface area contributed by atoms with Crippen molar-refractivity contribution in [3.05, 3.63) is 17.3 Å². The summed E-state index contributed by atoms with van der Waals surface area (Å²) in [5.74, 6) is 0.988. The molecule has 2 N–H and O–H groups in total. The van der Waals surface area contributed by atoms with E-state index in [9.17, 15) is 4.79 Å². The number of urea groups is 1. The summed E-state index contributed by atoms with van der Waals surface area (Å²) in [5.41, 5.74) is 0.671. The standard InChI is InChI=1S/C10H12N4O2S/c1-3-11-10(15)13-7-4-5-17-8(7)9-12-6(2)14-16-9/h4-5H,3H2,1-2H3,(H2,11,13,15). The van der Waals surface area contributed by atoms with E-state index in [1.54, 1.807) is 13.0 Å². The number of nitrogens with one attached hydrogen (secondary N) is 2. The lowest BCUT2D eigenvalue weighted by atomic mass is 10.4. The van der Waals surface area contributed by atoms with E-state index in [0.29, 0.717) is 23.9 Å². The molecule has 0 spiro atoms. The Labute approximate surface area is 102 Å². The van der Waals surface area contributed by atoms with Crippen LogP contribution in [0.3, 0.4) is 0 Å². The summed E-state index contributed by atoms with van der Waals surface area (Å²) in [5, 5.41) is 11.0. The summed E-state index contributed by atoms with van der Waals surface area (Å²) in [6.07, 6.45) is 0. The summed E-state index contributed by atoms with van der Waals surface area (Å²) in [6.45, 7) is 4.18. The number of hydrogen-bond acceptors (Lipinski definition) is 5. The van der Waals surface area contributed by atoms with Crippen molar-refractivity contribution < 1.29 is 9.32 Å². The Kier molecular flexibility index (Phi) is 3.38.